The molecule has 0 unspecified atom stereocenters. The van der Waals surface area contributed by atoms with E-state index < -0.39 is 14.4 Å². The molecule has 1 fully saturated rings. The van der Waals surface area contributed by atoms with Gasteiger partial charge in [0.2, 0.25) is 8.32 Å². The zero-order valence-electron chi connectivity index (χ0n) is 12.1. The number of rotatable bonds is 5. The maximum atomic E-state index is 10.2. The third-order valence-electron chi connectivity index (χ3n) is 3.69. The van der Waals surface area contributed by atoms with Crippen LogP contribution in [0.1, 0.15) is 30.9 Å². The van der Waals surface area contributed by atoms with Crippen LogP contribution in [0.25, 0.3) is 0 Å². The van der Waals surface area contributed by atoms with Crippen molar-refractivity contribution in [2.75, 3.05) is 0 Å². The van der Waals surface area contributed by atoms with Crippen LogP contribution < -0.4 is 10.2 Å². The second-order valence-electron chi connectivity index (χ2n) is 6.49. The molecule has 0 aromatic heterocycles. The highest BCUT2D eigenvalue weighted by molar-refractivity contribution is 6.70. The summed E-state index contributed by atoms with van der Waals surface area (Å²) in [7, 11) is -1.56. The summed E-state index contributed by atoms with van der Waals surface area (Å²) in [4.78, 5) is 0. The molecule has 106 valence electrons. The normalized spacial score (nSPS) is 19.6. The topological polar surface area (TPSA) is 55.5 Å². The first-order valence-electron chi connectivity index (χ1n) is 7.09. The van der Waals surface area contributed by atoms with Crippen LogP contribution in [0.2, 0.25) is 19.6 Å². The lowest BCUT2D eigenvalue weighted by Crippen LogP contribution is -2.36. The third-order valence-corrected chi connectivity index (χ3v) is 4.54. The van der Waals surface area contributed by atoms with Gasteiger partial charge in [-0.25, -0.2) is 0 Å². The van der Waals surface area contributed by atoms with Crippen LogP contribution in [-0.4, -0.2) is 19.5 Å². The lowest BCUT2D eigenvalue weighted by Gasteiger charge is -2.33. The fourth-order valence-corrected chi connectivity index (χ4v) is 3.23. The number of benzene rings is 1. The van der Waals surface area contributed by atoms with Crippen LogP contribution in [-0.2, 0) is 0 Å². The summed E-state index contributed by atoms with van der Waals surface area (Å²) in [5.41, 5.74) is 7.13. The van der Waals surface area contributed by atoms with Crippen molar-refractivity contribution in [1.82, 2.24) is 0 Å². The van der Waals surface area contributed by atoms with E-state index in [9.17, 15) is 5.11 Å². The Morgan fingerprint density at radius 3 is 2.21 bits per heavy atom. The van der Waals surface area contributed by atoms with Gasteiger partial charge in [-0.15, -0.1) is 0 Å². The Morgan fingerprint density at radius 2 is 1.79 bits per heavy atom. The molecule has 0 bridgehead atoms. The molecule has 1 saturated carbocycles. The smallest absolute Gasteiger partial charge is 0.242 e. The van der Waals surface area contributed by atoms with E-state index in [1.807, 2.05) is 24.3 Å². The van der Waals surface area contributed by atoms with Crippen LogP contribution in [0.4, 0.5) is 0 Å². The summed E-state index contributed by atoms with van der Waals surface area (Å²) in [5.74, 6) is 1.28. The average molecular weight is 279 g/mol. The van der Waals surface area contributed by atoms with Crippen molar-refractivity contribution in [1.29, 1.82) is 0 Å². The van der Waals surface area contributed by atoms with E-state index in [4.69, 9.17) is 10.2 Å². The van der Waals surface area contributed by atoms with E-state index in [-0.39, 0.29) is 6.04 Å². The van der Waals surface area contributed by atoms with Crippen molar-refractivity contribution in [2.45, 2.75) is 51.0 Å². The molecule has 0 amide bonds. The fourth-order valence-electron chi connectivity index (χ4n) is 2.38. The quantitative estimate of drug-likeness (QED) is 0.815. The first-order valence-corrected chi connectivity index (χ1v) is 10.5. The maximum absolute atomic E-state index is 10.2. The first kappa shape index (κ1) is 14.6. The number of nitrogens with two attached hydrogens (primary N) is 1. The second kappa shape index (κ2) is 5.65. The minimum absolute atomic E-state index is 0.286. The molecule has 1 aromatic carbocycles. The van der Waals surface area contributed by atoms with Gasteiger partial charge in [-0.05, 0) is 56.1 Å². The monoisotopic (exact) mass is 279 g/mol. The Bertz CT molecular complexity index is 409. The van der Waals surface area contributed by atoms with Gasteiger partial charge in [0.1, 0.15) is 5.75 Å². The lowest BCUT2D eigenvalue weighted by atomic mass is 9.77. The fraction of sp³-hybridized carbons (Fsp3) is 0.600. The molecule has 2 atom stereocenters. The van der Waals surface area contributed by atoms with Gasteiger partial charge in [0.05, 0.1) is 12.1 Å². The van der Waals surface area contributed by atoms with Gasteiger partial charge < -0.3 is 15.3 Å². The Morgan fingerprint density at radius 1 is 1.21 bits per heavy atom. The molecule has 1 aliphatic rings. The van der Waals surface area contributed by atoms with Gasteiger partial charge in [0.15, 0.2) is 0 Å². The molecule has 2 rings (SSSR count). The van der Waals surface area contributed by atoms with E-state index in [1.165, 1.54) is 6.42 Å². The van der Waals surface area contributed by atoms with E-state index in [2.05, 4.69) is 19.6 Å². The van der Waals surface area contributed by atoms with Gasteiger partial charge in [-0.3, -0.25) is 0 Å². The maximum Gasteiger partial charge on any atom is 0.242 e. The molecule has 0 saturated heterocycles. The minimum atomic E-state index is -1.56. The molecule has 1 aromatic rings. The van der Waals surface area contributed by atoms with Gasteiger partial charge >= 0.3 is 0 Å². The highest BCUT2D eigenvalue weighted by Gasteiger charge is 2.30. The van der Waals surface area contributed by atoms with Crippen LogP contribution in [0.5, 0.6) is 5.75 Å². The summed E-state index contributed by atoms with van der Waals surface area (Å²) in [6.07, 6.45) is 3.01. The Hall–Kier alpha value is -0.843. The van der Waals surface area contributed by atoms with Crippen molar-refractivity contribution in [3.05, 3.63) is 29.8 Å². The molecule has 4 heteroatoms. The molecule has 3 nitrogen and oxygen atoms in total. The van der Waals surface area contributed by atoms with Crippen LogP contribution >= 0.6 is 0 Å². The molecule has 0 radical (unpaired) electrons. The second-order valence-corrected chi connectivity index (χ2v) is 10.9. The van der Waals surface area contributed by atoms with Crippen molar-refractivity contribution >= 4 is 8.32 Å². The van der Waals surface area contributed by atoms with E-state index in [1.54, 1.807) is 0 Å². The SMILES string of the molecule is C[Si](C)(C)Oc1ccc([C@@H](N)[C@@H](O)C2CCC2)cc1. The predicted molar refractivity (Wildman–Crippen MR) is 80.7 cm³/mol. The number of aliphatic hydroxyl groups excluding tert-OH is 1. The van der Waals surface area contributed by atoms with Crippen molar-refractivity contribution in [3.8, 4) is 5.75 Å². The summed E-state index contributed by atoms with van der Waals surface area (Å²) in [6.45, 7) is 6.48. The van der Waals surface area contributed by atoms with Gasteiger partial charge in [-0.2, -0.15) is 0 Å². The van der Waals surface area contributed by atoms with E-state index >= 15 is 0 Å². The number of aliphatic hydroxyl groups is 1. The van der Waals surface area contributed by atoms with Crippen LogP contribution in [0.3, 0.4) is 0 Å². The van der Waals surface area contributed by atoms with Crippen molar-refractivity contribution in [3.63, 3.8) is 0 Å². The van der Waals surface area contributed by atoms with Gasteiger partial charge in [-0.1, -0.05) is 18.6 Å². The summed E-state index contributed by atoms with van der Waals surface area (Å²) >= 11 is 0. The third kappa shape index (κ3) is 3.81. The van der Waals surface area contributed by atoms with E-state index in [0.717, 1.165) is 24.2 Å². The summed E-state index contributed by atoms with van der Waals surface area (Å²) in [6, 6.07) is 7.58. The van der Waals surface area contributed by atoms with Gasteiger partial charge in [0.25, 0.3) is 0 Å². The minimum Gasteiger partial charge on any atom is -0.544 e. The predicted octanol–water partition coefficient (Wildman–Crippen LogP) is 3.06. The van der Waals surface area contributed by atoms with E-state index in [0.29, 0.717) is 5.92 Å². The standard InChI is InChI=1S/C15H25NO2Si/c1-19(2,3)18-13-9-7-11(8-10-13)14(16)15(17)12-5-4-6-12/h7-10,12,14-15,17H,4-6,16H2,1-3H3/t14-,15+/m1/s1. The average Bonchev–Trinajstić information content (AvgIpc) is 2.24. The number of hydrogen-bond donors (Lipinski definition) is 2. The largest absolute Gasteiger partial charge is 0.544 e. The molecule has 0 aliphatic heterocycles. The lowest BCUT2D eigenvalue weighted by molar-refractivity contribution is 0.0413. The highest BCUT2D eigenvalue weighted by Crippen LogP contribution is 2.34. The molecule has 0 heterocycles. The van der Waals surface area contributed by atoms with Crippen molar-refractivity contribution < 1.29 is 9.53 Å². The Kier molecular flexibility index (Phi) is 4.33. The molecular formula is C15H25NO2Si. The molecule has 1 aliphatic carbocycles. The number of hydrogen-bond acceptors (Lipinski definition) is 3. The first-order chi connectivity index (χ1) is 8.87. The Labute approximate surface area is 116 Å². The molecule has 0 spiro atoms. The summed E-state index contributed by atoms with van der Waals surface area (Å²) < 4.78 is 5.91. The zero-order chi connectivity index (χ0) is 14.0. The van der Waals surface area contributed by atoms with Crippen molar-refractivity contribution in [2.24, 2.45) is 11.7 Å². The highest BCUT2D eigenvalue weighted by atomic mass is 28.4. The molecular weight excluding hydrogens is 254 g/mol. The molecule has 3 N–H and O–H groups in total. The molecule has 19 heavy (non-hydrogen) atoms. The van der Waals surface area contributed by atoms with Crippen LogP contribution in [0, 0.1) is 5.92 Å². The summed E-state index contributed by atoms with van der Waals surface area (Å²) in [5, 5.41) is 10.2. The van der Waals surface area contributed by atoms with Crippen LogP contribution in [0.15, 0.2) is 24.3 Å². The zero-order valence-corrected chi connectivity index (χ0v) is 13.1. The van der Waals surface area contributed by atoms with Gasteiger partial charge in [0, 0.05) is 0 Å². The Balaban J connectivity index is 2.01.